The summed E-state index contributed by atoms with van der Waals surface area (Å²) in [5.74, 6) is -6.73. The Balaban J connectivity index is 1.21. The van der Waals surface area contributed by atoms with Gasteiger partial charge < -0.3 is 165 Å². The Bertz CT molecular complexity index is 1970. The zero-order valence-corrected chi connectivity index (χ0v) is 41.9. The minimum absolute atomic E-state index is 0.799. The zero-order chi connectivity index (χ0) is 58.7. The van der Waals surface area contributed by atoms with Gasteiger partial charge in [0.05, 0.1) is 51.8 Å². The minimum atomic E-state index is -3.01. The predicted octanol–water partition coefficient (Wildman–Crippen LogP) is -14.6. The molecule has 0 bridgehead atoms. The number of aliphatic hydroxyl groups excluding tert-OH is 19. The van der Waals surface area contributed by atoms with Crippen molar-refractivity contribution in [3.05, 3.63) is 0 Å². The quantitative estimate of drug-likeness (QED) is 0.0507. The van der Waals surface area contributed by atoms with Crippen LogP contribution < -0.4 is 10.6 Å². The fraction of sp³-hybridized carbons (Fsp3) is 0.930. The molecule has 6 rings (SSSR count). The van der Waals surface area contributed by atoms with E-state index in [0.717, 1.165) is 13.8 Å². The molecule has 0 aliphatic carbocycles. The van der Waals surface area contributed by atoms with E-state index in [0.29, 0.717) is 0 Å². The van der Waals surface area contributed by atoms with Gasteiger partial charge in [-0.25, -0.2) is 4.79 Å². The zero-order valence-electron chi connectivity index (χ0n) is 41.9. The second-order valence-electron chi connectivity index (χ2n) is 19.7. The van der Waals surface area contributed by atoms with Gasteiger partial charge in [-0.2, -0.15) is 0 Å². The van der Waals surface area contributed by atoms with Crippen LogP contribution in [0, 0.1) is 0 Å². The lowest BCUT2D eigenvalue weighted by molar-refractivity contribution is -0.388. The Hall–Kier alpha value is -2.79. The van der Waals surface area contributed by atoms with Crippen molar-refractivity contribution < 1.29 is 169 Å². The topological polar surface area (TPSA) is 581 Å². The Labute approximate surface area is 446 Å². The van der Waals surface area contributed by atoms with Crippen LogP contribution in [0.15, 0.2) is 0 Å². The van der Waals surface area contributed by atoms with Gasteiger partial charge in [-0.1, -0.05) is 0 Å². The third-order valence-corrected chi connectivity index (χ3v) is 14.2. The molecule has 458 valence electrons. The first kappa shape index (κ1) is 65.4. The number of carboxylic acids is 1. The standard InChI is InChI=1S/C43H72N2O34/c1-10(51)44-19-12(53)3-43(42(67)68,79-35(19)21(55)13(54)4-46)69-9-18-22(56)25(59)29(63)39(74-18)77-34-20(45-11(2)52)38(71-14(5-47)23(34)57)78-36-24(58)15(6-48)72-41(31(36)65)76-33-17(8-50)73-40(30(64)27(33)61)75-32-16(7-49)70-37(66)28(62)26(32)60/h12-41,46-50,53-66H,3-9H2,1-2H3,(H,44,51)(H,45,52)(H,67,68)/t12-,13+,14+,15+,16+,17+,18+,19+,20+,21+,22-,23-,24-,25-,26+,27+,28+,29+,30+,31+,32+,33-,34+,35+,36-,37+,38-,39-,40-,41+,43+/m0/s1. The highest BCUT2D eigenvalue weighted by Crippen LogP contribution is 2.38. The van der Waals surface area contributed by atoms with E-state index in [9.17, 15) is 117 Å². The van der Waals surface area contributed by atoms with Crippen LogP contribution in [-0.4, -0.2) is 349 Å². The molecule has 0 aromatic heterocycles. The maximum atomic E-state index is 12.8. The summed E-state index contributed by atoms with van der Waals surface area (Å²) in [5, 5.41) is 218. The van der Waals surface area contributed by atoms with Crippen molar-refractivity contribution in [1.82, 2.24) is 10.6 Å². The molecule has 36 nitrogen and oxygen atoms in total. The molecular weight excluding hydrogens is 1090 g/mol. The number of rotatable bonds is 21. The summed E-state index contributed by atoms with van der Waals surface area (Å²) in [4.78, 5) is 37.6. The summed E-state index contributed by atoms with van der Waals surface area (Å²) in [6, 6.07) is -3.49. The Morgan fingerprint density at radius 1 is 0.506 bits per heavy atom. The average Bonchev–Trinajstić information content (AvgIpc) is 3.41. The predicted molar refractivity (Wildman–Crippen MR) is 240 cm³/mol. The van der Waals surface area contributed by atoms with Crippen LogP contribution in [0.2, 0.25) is 0 Å². The molecule has 22 N–H and O–H groups in total. The molecule has 2 amide bonds. The van der Waals surface area contributed by atoms with Crippen LogP contribution in [0.5, 0.6) is 0 Å². The maximum absolute atomic E-state index is 12.8. The van der Waals surface area contributed by atoms with Crippen LogP contribution in [-0.2, 0) is 66.5 Å². The molecule has 0 saturated carbocycles. The van der Waals surface area contributed by atoms with Crippen molar-refractivity contribution in [3.63, 3.8) is 0 Å². The van der Waals surface area contributed by atoms with Gasteiger partial charge in [0.1, 0.15) is 140 Å². The van der Waals surface area contributed by atoms with E-state index in [2.05, 4.69) is 10.6 Å². The molecule has 0 unspecified atom stereocenters. The summed E-state index contributed by atoms with van der Waals surface area (Å²) >= 11 is 0. The van der Waals surface area contributed by atoms with Crippen LogP contribution in [0.3, 0.4) is 0 Å². The number of nitrogens with one attached hydrogen (secondary N) is 2. The third kappa shape index (κ3) is 14.1. The molecule has 0 radical (unpaired) electrons. The molecule has 0 aromatic carbocycles. The fourth-order valence-corrected chi connectivity index (χ4v) is 9.91. The van der Waals surface area contributed by atoms with Crippen molar-refractivity contribution in [2.45, 2.75) is 210 Å². The summed E-state index contributed by atoms with van der Waals surface area (Å²) in [5.41, 5.74) is 0. The van der Waals surface area contributed by atoms with E-state index in [1.54, 1.807) is 0 Å². The molecular formula is C43H72N2O34. The van der Waals surface area contributed by atoms with Gasteiger partial charge in [0.25, 0.3) is 5.79 Å². The number of carbonyl (C=O) groups excluding carboxylic acids is 2. The van der Waals surface area contributed by atoms with Gasteiger partial charge in [0, 0.05) is 20.3 Å². The number of aliphatic hydroxyl groups is 19. The van der Waals surface area contributed by atoms with Crippen LogP contribution in [0.1, 0.15) is 20.3 Å². The lowest BCUT2D eigenvalue weighted by Crippen LogP contribution is -2.70. The maximum Gasteiger partial charge on any atom is 0.364 e. The molecule has 36 heteroatoms. The van der Waals surface area contributed by atoms with Gasteiger partial charge in [0.15, 0.2) is 31.5 Å². The highest BCUT2D eigenvalue weighted by molar-refractivity contribution is 5.76. The number of ether oxygens (including phenoxy) is 11. The van der Waals surface area contributed by atoms with E-state index in [1.807, 2.05) is 0 Å². The molecule has 6 saturated heterocycles. The van der Waals surface area contributed by atoms with Gasteiger partial charge in [0.2, 0.25) is 11.8 Å². The second-order valence-corrected chi connectivity index (χ2v) is 19.7. The van der Waals surface area contributed by atoms with Crippen molar-refractivity contribution in [2.75, 3.05) is 39.6 Å². The van der Waals surface area contributed by atoms with Crippen molar-refractivity contribution in [3.8, 4) is 0 Å². The SMILES string of the molecule is CC(=O)N[C@H]1[C@H](O[C@H]2[C@@H](O)[C@@H](CO)O[C@H](O[C@@H]3[C@H](O)[C@@H](O)[C@H](O[C@H]4[C@H](O)[C@@H](O)[C@H](O)O[C@@H]4CO)O[C@@H]3CO)[C@@H]2O)O[C@H](CO)[C@H](O)[C@@H]1O[C@@H]1O[C@H](CO[C@]2(C(=O)O)C[C@H](O)[C@@H](NC(C)=O)[C@H]([C@H](O)[C@H](O)CO)O2)[C@H](O)[C@H](O)[C@H]1O. The number of carbonyl (C=O) groups is 3. The van der Waals surface area contributed by atoms with Gasteiger partial charge >= 0.3 is 5.97 Å². The average molecular weight is 1160 g/mol. The normalized spacial score (nSPS) is 47.7. The van der Waals surface area contributed by atoms with Crippen LogP contribution in [0.25, 0.3) is 0 Å². The monoisotopic (exact) mass is 1160 g/mol. The lowest BCUT2D eigenvalue weighted by Gasteiger charge is -2.50. The number of carboxylic acid groups (broad SMARTS) is 1. The molecule has 0 spiro atoms. The molecule has 6 aliphatic heterocycles. The van der Waals surface area contributed by atoms with Crippen LogP contribution in [0.4, 0.5) is 0 Å². The molecule has 6 heterocycles. The van der Waals surface area contributed by atoms with E-state index in [4.69, 9.17) is 52.1 Å². The Morgan fingerprint density at radius 2 is 0.949 bits per heavy atom. The van der Waals surface area contributed by atoms with E-state index in [1.165, 1.54) is 0 Å². The molecule has 79 heavy (non-hydrogen) atoms. The van der Waals surface area contributed by atoms with Crippen molar-refractivity contribution >= 4 is 17.8 Å². The number of hydrogen-bond donors (Lipinski definition) is 22. The van der Waals surface area contributed by atoms with Gasteiger partial charge in [-0.15, -0.1) is 0 Å². The summed E-state index contributed by atoms with van der Waals surface area (Å²) in [6.07, 6.45) is -57.5. The highest BCUT2D eigenvalue weighted by Gasteiger charge is 2.59. The van der Waals surface area contributed by atoms with E-state index in [-0.39, 0.29) is 0 Å². The number of amides is 2. The molecule has 31 atom stereocenters. The van der Waals surface area contributed by atoms with E-state index < -0.39 is 254 Å². The van der Waals surface area contributed by atoms with Crippen LogP contribution >= 0.6 is 0 Å². The first-order valence-corrected chi connectivity index (χ1v) is 24.7. The summed E-state index contributed by atoms with van der Waals surface area (Å²) in [7, 11) is 0. The summed E-state index contributed by atoms with van der Waals surface area (Å²) in [6.45, 7) is -4.41. The molecule has 0 aromatic rings. The van der Waals surface area contributed by atoms with Gasteiger partial charge in [-0.05, 0) is 0 Å². The number of hydrogen-bond acceptors (Lipinski definition) is 33. The summed E-state index contributed by atoms with van der Waals surface area (Å²) < 4.78 is 62.0. The van der Waals surface area contributed by atoms with Crippen molar-refractivity contribution in [1.29, 1.82) is 0 Å². The van der Waals surface area contributed by atoms with Gasteiger partial charge in [-0.3, -0.25) is 9.59 Å². The third-order valence-electron chi connectivity index (χ3n) is 14.2. The van der Waals surface area contributed by atoms with Crippen molar-refractivity contribution in [2.24, 2.45) is 0 Å². The fourth-order valence-electron chi connectivity index (χ4n) is 9.91. The first-order chi connectivity index (χ1) is 37.2. The first-order valence-electron chi connectivity index (χ1n) is 24.7. The highest BCUT2D eigenvalue weighted by atomic mass is 16.8. The number of aliphatic carboxylic acids is 1. The molecule has 6 aliphatic rings. The largest absolute Gasteiger partial charge is 0.477 e. The minimum Gasteiger partial charge on any atom is -0.477 e. The van der Waals surface area contributed by atoms with E-state index >= 15 is 0 Å². The molecule has 6 fully saturated rings. The Kier molecular flexibility index (Phi) is 22.9. The lowest BCUT2D eigenvalue weighted by atomic mass is 9.88. The Morgan fingerprint density at radius 3 is 1.48 bits per heavy atom. The second kappa shape index (κ2) is 27.7. The smallest absolute Gasteiger partial charge is 0.364 e.